The van der Waals surface area contributed by atoms with Crippen molar-refractivity contribution in [1.82, 2.24) is 4.98 Å². The van der Waals surface area contributed by atoms with Gasteiger partial charge in [-0.15, -0.1) is 0 Å². The second-order valence-corrected chi connectivity index (χ2v) is 4.80. The van der Waals surface area contributed by atoms with Gasteiger partial charge in [-0.1, -0.05) is 23.7 Å². The van der Waals surface area contributed by atoms with E-state index in [2.05, 4.69) is 4.98 Å². The van der Waals surface area contributed by atoms with Crippen LogP contribution in [-0.2, 0) is 0 Å². The number of benzene rings is 2. The molecule has 3 rings (SSSR count). The zero-order chi connectivity index (χ0) is 14.1. The van der Waals surface area contributed by atoms with Crippen LogP contribution >= 0.6 is 11.6 Å². The van der Waals surface area contributed by atoms with Crippen LogP contribution in [0.15, 0.2) is 48.5 Å². The standard InChI is InChI=1S/C16H9ClFNO/c17-14-8-15(11-2-4-12(18)5-3-11)19-16-7-10(9-20)1-6-13(14)16/h1-9H. The topological polar surface area (TPSA) is 30.0 Å². The molecule has 1 heterocycles. The van der Waals surface area contributed by atoms with Crippen LogP contribution in [0.3, 0.4) is 0 Å². The summed E-state index contributed by atoms with van der Waals surface area (Å²) < 4.78 is 12.9. The molecule has 98 valence electrons. The molecule has 0 radical (unpaired) electrons. The minimum atomic E-state index is -0.302. The zero-order valence-electron chi connectivity index (χ0n) is 10.3. The Bertz CT molecular complexity index is 799. The van der Waals surface area contributed by atoms with E-state index in [9.17, 15) is 9.18 Å². The average molecular weight is 286 g/mol. The third-order valence-electron chi connectivity index (χ3n) is 3.06. The second-order valence-electron chi connectivity index (χ2n) is 4.39. The second kappa shape index (κ2) is 5.02. The molecule has 0 N–H and O–H groups in total. The lowest BCUT2D eigenvalue weighted by molar-refractivity contribution is 0.112. The summed E-state index contributed by atoms with van der Waals surface area (Å²) in [5.41, 5.74) is 2.59. The lowest BCUT2D eigenvalue weighted by Gasteiger charge is -2.06. The summed E-state index contributed by atoms with van der Waals surface area (Å²) in [6.45, 7) is 0. The number of nitrogens with zero attached hydrogens (tertiary/aromatic N) is 1. The highest BCUT2D eigenvalue weighted by Gasteiger charge is 2.07. The van der Waals surface area contributed by atoms with E-state index in [1.165, 1.54) is 12.1 Å². The highest BCUT2D eigenvalue weighted by molar-refractivity contribution is 6.35. The van der Waals surface area contributed by atoms with Crippen molar-refractivity contribution in [3.05, 3.63) is 64.9 Å². The Morgan fingerprint density at radius 3 is 2.50 bits per heavy atom. The molecule has 2 nitrogen and oxygen atoms in total. The molecule has 0 bridgehead atoms. The maximum atomic E-state index is 12.9. The van der Waals surface area contributed by atoms with Gasteiger partial charge in [-0.2, -0.15) is 0 Å². The number of hydrogen-bond acceptors (Lipinski definition) is 2. The van der Waals surface area contributed by atoms with Crippen LogP contribution in [0.5, 0.6) is 0 Å². The average Bonchev–Trinajstić information content (AvgIpc) is 2.47. The molecule has 4 heteroatoms. The summed E-state index contributed by atoms with van der Waals surface area (Å²) in [5.74, 6) is -0.302. The van der Waals surface area contributed by atoms with Crippen LogP contribution in [0.4, 0.5) is 4.39 Å². The van der Waals surface area contributed by atoms with Gasteiger partial charge in [0, 0.05) is 16.5 Å². The predicted octanol–water partition coefficient (Wildman–Crippen LogP) is 4.51. The minimum Gasteiger partial charge on any atom is -0.298 e. The molecule has 1 aromatic heterocycles. The molecule has 0 amide bonds. The van der Waals surface area contributed by atoms with Crippen LogP contribution in [0.1, 0.15) is 10.4 Å². The van der Waals surface area contributed by atoms with Gasteiger partial charge in [-0.3, -0.25) is 4.79 Å². The predicted molar refractivity (Wildman–Crippen MR) is 77.5 cm³/mol. The van der Waals surface area contributed by atoms with Crippen molar-refractivity contribution in [3.8, 4) is 11.3 Å². The largest absolute Gasteiger partial charge is 0.298 e. The fraction of sp³-hybridized carbons (Fsp3) is 0. The molecule has 0 spiro atoms. The van der Waals surface area contributed by atoms with Crippen LogP contribution in [0.2, 0.25) is 5.02 Å². The molecule has 0 saturated heterocycles. The SMILES string of the molecule is O=Cc1ccc2c(Cl)cc(-c3ccc(F)cc3)nc2c1. The summed E-state index contributed by atoms with van der Waals surface area (Å²) in [5, 5.41) is 1.33. The monoisotopic (exact) mass is 285 g/mol. The van der Waals surface area contributed by atoms with Crippen LogP contribution in [0.25, 0.3) is 22.2 Å². The van der Waals surface area contributed by atoms with Gasteiger partial charge < -0.3 is 0 Å². The molecule has 0 unspecified atom stereocenters. The van der Waals surface area contributed by atoms with Crippen molar-refractivity contribution < 1.29 is 9.18 Å². The Hall–Kier alpha value is -2.26. The minimum absolute atomic E-state index is 0.302. The van der Waals surface area contributed by atoms with E-state index in [1.807, 2.05) is 0 Å². The molecular formula is C16H9ClFNO. The Morgan fingerprint density at radius 2 is 1.80 bits per heavy atom. The first-order valence-corrected chi connectivity index (χ1v) is 6.36. The molecule has 3 aromatic rings. The first kappa shape index (κ1) is 12.8. The maximum absolute atomic E-state index is 12.9. The third kappa shape index (κ3) is 2.28. The third-order valence-corrected chi connectivity index (χ3v) is 3.37. The molecule has 20 heavy (non-hydrogen) atoms. The van der Waals surface area contributed by atoms with Gasteiger partial charge in [0.05, 0.1) is 16.2 Å². The first-order chi connectivity index (χ1) is 9.67. The van der Waals surface area contributed by atoms with Gasteiger partial charge in [0.2, 0.25) is 0 Å². The van der Waals surface area contributed by atoms with Gasteiger partial charge >= 0.3 is 0 Å². The van der Waals surface area contributed by atoms with Crippen molar-refractivity contribution in [1.29, 1.82) is 0 Å². The molecule has 0 fully saturated rings. The molecule has 0 aliphatic rings. The van der Waals surface area contributed by atoms with Crippen molar-refractivity contribution in [2.75, 3.05) is 0 Å². The molecule has 2 aromatic carbocycles. The van der Waals surface area contributed by atoms with E-state index in [-0.39, 0.29) is 5.82 Å². The van der Waals surface area contributed by atoms with Gasteiger partial charge in [-0.25, -0.2) is 9.37 Å². The fourth-order valence-corrected chi connectivity index (χ4v) is 2.31. The Labute approximate surface area is 119 Å². The lowest BCUT2D eigenvalue weighted by atomic mass is 10.1. The summed E-state index contributed by atoms with van der Waals surface area (Å²) >= 11 is 6.24. The quantitative estimate of drug-likeness (QED) is 0.649. The van der Waals surface area contributed by atoms with E-state index in [4.69, 9.17) is 11.6 Å². The molecule has 0 atom stereocenters. The van der Waals surface area contributed by atoms with Crippen molar-refractivity contribution in [2.45, 2.75) is 0 Å². The normalized spacial score (nSPS) is 10.7. The number of aldehydes is 1. The van der Waals surface area contributed by atoms with Crippen LogP contribution in [0, 0.1) is 5.82 Å². The molecule has 0 aliphatic carbocycles. The number of carbonyl (C=O) groups is 1. The summed E-state index contributed by atoms with van der Waals surface area (Å²) in [6.07, 6.45) is 0.763. The number of pyridine rings is 1. The summed E-state index contributed by atoms with van der Waals surface area (Å²) in [7, 11) is 0. The number of hydrogen-bond donors (Lipinski definition) is 0. The van der Waals surface area contributed by atoms with Gasteiger partial charge in [-0.05, 0) is 36.4 Å². The van der Waals surface area contributed by atoms with Gasteiger partial charge in [0.25, 0.3) is 0 Å². The van der Waals surface area contributed by atoms with Gasteiger partial charge in [0.15, 0.2) is 0 Å². The molecule has 0 aliphatic heterocycles. The first-order valence-electron chi connectivity index (χ1n) is 5.99. The Balaban J connectivity index is 2.21. The Morgan fingerprint density at radius 1 is 1.05 bits per heavy atom. The van der Waals surface area contributed by atoms with E-state index in [0.29, 0.717) is 21.8 Å². The number of carbonyl (C=O) groups excluding carboxylic acids is 1. The van der Waals surface area contributed by atoms with E-state index >= 15 is 0 Å². The van der Waals surface area contributed by atoms with Crippen LogP contribution < -0.4 is 0 Å². The number of halogens is 2. The van der Waals surface area contributed by atoms with Crippen molar-refractivity contribution in [2.24, 2.45) is 0 Å². The van der Waals surface area contributed by atoms with E-state index in [1.54, 1.807) is 36.4 Å². The van der Waals surface area contributed by atoms with Gasteiger partial charge in [0.1, 0.15) is 12.1 Å². The van der Waals surface area contributed by atoms with Crippen LogP contribution in [-0.4, -0.2) is 11.3 Å². The number of fused-ring (bicyclic) bond motifs is 1. The maximum Gasteiger partial charge on any atom is 0.150 e. The summed E-state index contributed by atoms with van der Waals surface area (Å²) in [6, 6.07) is 12.9. The molecule has 0 saturated carbocycles. The molecular weight excluding hydrogens is 277 g/mol. The Kier molecular flexibility index (Phi) is 3.20. The number of aromatic nitrogens is 1. The summed E-state index contributed by atoms with van der Waals surface area (Å²) in [4.78, 5) is 15.3. The van der Waals surface area contributed by atoms with E-state index < -0.39 is 0 Å². The van der Waals surface area contributed by atoms with E-state index in [0.717, 1.165) is 17.2 Å². The van der Waals surface area contributed by atoms with Crippen molar-refractivity contribution >= 4 is 28.8 Å². The lowest BCUT2D eigenvalue weighted by Crippen LogP contribution is -1.89. The zero-order valence-corrected chi connectivity index (χ0v) is 11.1. The van der Waals surface area contributed by atoms with Crippen molar-refractivity contribution in [3.63, 3.8) is 0 Å². The fourth-order valence-electron chi connectivity index (χ4n) is 2.04. The number of rotatable bonds is 2. The highest BCUT2D eigenvalue weighted by Crippen LogP contribution is 2.28. The highest BCUT2D eigenvalue weighted by atomic mass is 35.5. The smallest absolute Gasteiger partial charge is 0.150 e.